The zero-order valence-electron chi connectivity index (χ0n) is 68.3. The van der Waals surface area contributed by atoms with Crippen LogP contribution in [0.2, 0.25) is 0 Å². The van der Waals surface area contributed by atoms with Crippen LogP contribution >= 0.6 is 0 Å². The minimum absolute atomic E-state index is 0.0965. The number of esters is 11. The van der Waals surface area contributed by atoms with Crippen LogP contribution in [-0.4, -0.2) is 175 Å². The fraction of sp³-hybridized carbons (Fsp3) is 0.879. The second-order valence-electron chi connectivity index (χ2n) is 43.5. The Labute approximate surface area is 683 Å². The van der Waals surface area contributed by atoms with Gasteiger partial charge in [-0.15, -0.1) is 0 Å². The van der Waals surface area contributed by atoms with Crippen LogP contribution in [0, 0.1) is 165 Å². The van der Waals surface area contributed by atoms with Crippen molar-refractivity contribution < 1.29 is 125 Å². The summed E-state index contributed by atoms with van der Waals surface area (Å²) < 4.78 is 80.8. The normalized spacial score (nSPS) is 47.4. The largest absolute Gasteiger partial charge is 0.464 e. The minimum Gasteiger partial charge on any atom is -0.464 e. The van der Waals surface area contributed by atoms with Crippen molar-refractivity contribution in [2.75, 3.05) is 59.6 Å². The molecule has 24 bridgehead atoms. The highest BCUT2D eigenvalue weighted by Gasteiger charge is 2.66. The van der Waals surface area contributed by atoms with Crippen molar-refractivity contribution in [1.29, 1.82) is 0 Å². The van der Waals surface area contributed by atoms with Gasteiger partial charge in [0.15, 0.2) is 26.4 Å². The molecule has 20 unspecified atom stereocenters. The molecule has 0 saturated heterocycles. The molecule has 642 valence electrons. The molecule has 26 nitrogen and oxygen atoms in total. The number of hydrogen-bond donors (Lipinski definition) is 2. The first-order chi connectivity index (χ1) is 56.0. The highest BCUT2D eigenvalue weighted by molar-refractivity contribution is 5.88. The van der Waals surface area contributed by atoms with Gasteiger partial charge >= 0.3 is 65.7 Å². The average molecular weight is 1630 g/mol. The van der Waals surface area contributed by atoms with Gasteiger partial charge in [-0.25, -0.2) is 19.2 Å². The van der Waals surface area contributed by atoms with E-state index in [0.29, 0.717) is 152 Å². The number of aliphatic hydroxyl groups is 2. The second-order valence-corrected chi connectivity index (χ2v) is 43.5. The van der Waals surface area contributed by atoms with Gasteiger partial charge in [0, 0.05) is 12.8 Å². The molecular weight excluding hydrogens is 1510 g/mol. The summed E-state index contributed by atoms with van der Waals surface area (Å²) >= 11 is 0. The molecule has 0 aromatic heterocycles. The summed E-state index contributed by atoms with van der Waals surface area (Å²) in [6.45, 7) is -1.50. The Bertz CT molecular complexity index is 3760. The fourth-order valence-corrected chi connectivity index (χ4v) is 32.4. The first-order valence-corrected chi connectivity index (χ1v) is 45.7. The number of fused-ring (bicyclic) bond motifs is 8. The lowest BCUT2D eigenvalue weighted by Gasteiger charge is -2.59. The quantitative estimate of drug-likeness (QED) is 0.0292. The van der Waals surface area contributed by atoms with E-state index >= 15 is 14.4 Å². The first kappa shape index (κ1) is 79.5. The zero-order valence-corrected chi connectivity index (χ0v) is 68.3. The van der Waals surface area contributed by atoms with Crippen molar-refractivity contribution in [2.24, 2.45) is 165 Å². The van der Waals surface area contributed by atoms with Gasteiger partial charge in [-0.1, -0.05) is 0 Å². The van der Waals surface area contributed by atoms with Gasteiger partial charge in [0.25, 0.3) is 0 Å². The van der Waals surface area contributed by atoms with Crippen molar-refractivity contribution >= 4 is 65.7 Å². The van der Waals surface area contributed by atoms with E-state index in [2.05, 4.69) is 0 Å². The van der Waals surface area contributed by atoms with Crippen LogP contribution in [0.15, 0.2) is 0 Å². The molecule has 24 aliphatic carbocycles. The Morgan fingerprint density at radius 1 is 0.299 bits per heavy atom. The highest BCUT2D eigenvalue weighted by Crippen LogP contribution is 2.65. The standard InChI is InChI=1S/C91H122O26/c1-85(62-15-46-11-47(17-62)18-63(85)16-46)114-66(92)35-106-78(96)70-54-3-6-57(23-54)73(70)81(99)110-42-87(41-105-45-113-77-61-10-9-60(26-61)76(77)84(102)109-38-69(95)117-91-33-52-14-53(34-91)30-89(104,29-52)40-91,43-111-82(100)74-58-7-4-55(24-58)71(74)79(97)107-36-67(93)115-86(2)64-19-48-12-49(21-64)22-65(86)20-48)44-112-83(101)75-59-8-5-56(25-59)72(75)80(98)108-37-68(94)116-90-31-50-13-51(32-90)28-88(103,27-50)39-90/h46-65,70-77,103-104H,3-45H2,1-2H3. The van der Waals surface area contributed by atoms with E-state index < -0.39 is 212 Å². The Kier molecular flexibility index (Phi) is 20.3. The molecule has 0 aromatic rings. The van der Waals surface area contributed by atoms with Crippen molar-refractivity contribution in [3.05, 3.63) is 0 Å². The summed E-state index contributed by atoms with van der Waals surface area (Å²) in [5.41, 5.74) is -6.59. The molecule has 117 heavy (non-hydrogen) atoms. The van der Waals surface area contributed by atoms with Crippen LogP contribution in [0.25, 0.3) is 0 Å². The van der Waals surface area contributed by atoms with Gasteiger partial charge < -0.3 is 71.8 Å². The molecule has 0 amide bonds. The van der Waals surface area contributed by atoms with E-state index in [4.69, 9.17) is 61.6 Å². The van der Waals surface area contributed by atoms with Crippen molar-refractivity contribution in [1.82, 2.24) is 0 Å². The number of carbonyl (C=O) groups is 11. The Balaban J connectivity index is 0.551. The van der Waals surface area contributed by atoms with Gasteiger partial charge in [-0.05, 0) is 338 Å². The summed E-state index contributed by atoms with van der Waals surface area (Å²) in [5, 5.41) is 22.8. The predicted molar refractivity (Wildman–Crippen MR) is 403 cm³/mol. The molecule has 24 rings (SSSR count). The topological polar surface area (TPSA) is 348 Å². The molecule has 20 atom stereocenters. The summed E-state index contributed by atoms with van der Waals surface area (Å²) in [4.78, 5) is 159. The Morgan fingerprint density at radius 2 is 0.564 bits per heavy atom. The Morgan fingerprint density at radius 3 is 0.880 bits per heavy atom. The van der Waals surface area contributed by atoms with Crippen LogP contribution in [0.1, 0.15) is 232 Å². The van der Waals surface area contributed by atoms with Gasteiger partial charge in [0.2, 0.25) is 0 Å². The van der Waals surface area contributed by atoms with Crippen molar-refractivity contribution in [3.63, 3.8) is 0 Å². The first-order valence-electron chi connectivity index (χ1n) is 45.7. The molecule has 2 N–H and O–H groups in total. The van der Waals surface area contributed by atoms with Crippen LogP contribution < -0.4 is 0 Å². The van der Waals surface area contributed by atoms with Crippen molar-refractivity contribution in [3.8, 4) is 0 Å². The average Bonchev–Trinajstić information content (AvgIpc) is 1.74. The number of hydrogen-bond acceptors (Lipinski definition) is 26. The molecule has 26 heteroatoms. The summed E-state index contributed by atoms with van der Waals surface area (Å²) in [5.74, 6) is -12.4. The predicted octanol–water partition coefficient (Wildman–Crippen LogP) is 9.94. The summed E-state index contributed by atoms with van der Waals surface area (Å²) in [6.07, 6.45) is 25.0. The lowest BCUT2D eigenvalue weighted by Crippen LogP contribution is -2.60. The van der Waals surface area contributed by atoms with Crippen LogP contribution in [0.4, 0.5) is 0 Å². The smallest absolute Gasteiger partial charge is 0.344 e. The van der Waals surface area contributed by atoms with E-state index in [1.165, 1.54) is 12.8 Å². The molecular formula is C91H122O26. The molecule has 24 saturated carbocycles. The molecule has 0 heterocycles. The Hall–Kier alpha value is -5.99. The summed E-state index contributed by atoms with van der Waals surface area (Å²) in [6, 6.07) is 0. The summed E-state index contributed by atoms with van der Waals surface area (Å²) in [7, 11) is 0. The minimum atomic E-state index is -1.83. The molecule has 24 aliphatic rings. The van der Waals surface area contributed by atoms with Crippen LogP contribution in [0.5, 0.6) is 0 Å². The third-order valence-electron chi connectivity index (χ3n) is 35.9. The number of carbonyl (C=O) groups excluding carboxylic acids is 11. The fourth-order valence-electron chi connectivity index (χ4n) is 32.4. The van der Waals surface area contributed by atoms with Gasteiger partial charge in [-0.2, -0.15) is 0 Å². The second kappa shape index (κ2) is 29.9. The molecule has 0 radical (unpaired) electrons. The SMILES string of the molecule is CC1(OC(=O)COC(=O)C2C3CCC(C3)C2C(=O)OCC(COCOC2C3CCC(C3)C2C(=O)OCC(=O)OC23CC4CC(CC(O)(C4)C2)C3)(COC(=O)C2C3CCC(C3)C2C(=O)OCC(=O)OC23CC4CC(CC(O)(C4)C2)C3)COC(=O)C2C3CCC(C3)C2C(=O)OCC(=O)OC2(C)C3CC4CC(C3)CC2C4)C2CC3CC(C2)CC1C3. The highest BCUT2D eigenvalue weighted by atomic mass is 16.7. The van der Waals surface area contributed by atoms with Crippen LogP contribution in [-0.2, 0) is 114 Å². The molecule has 0 spiro atoms. The maximum atomic E-state index is 15.4. The third kappa shape index (κ3) is 14.6. The van der Waals surface area contributed by atoms with Gasteiger partial charge in [0.05, 0.1) is 70.8 Å². The van der Waals surface area contributed by atoms with E-state index in [1.807, 2.05) is 13.8 Å². The lowest BCUT2D eigenvalue weighted by molar-refractivity contribution is -0.223. The lowest BCUT2D eigenvalue weighted by atomic mass is 9.50. The van der Waals surface area contributed by atoms with Crippen LogP contribution in [0.3, 0.4) is 0 Å². The number of rotatable bonds is 30. The zero-order chi connectivity index (χ0) is 80.6. The van der Waals surface area contributed by atoms with Gasteiger partial charge in [-0.3, -0.25) is 33.6 Å². The van der Waals surface area contributed by atoms with Gasteiger partial charge in [0.1, 0.15) is 49.0 Å². The third-order valence-corrected chi connectivity index (χ3v) is 35.9. The molecule has 24 fully saturated rings. The molecule has 0 aliphatic heterocycles. The van der Waals surface area contributed by atoms with E-state index in [-0.39, 0.29) is 94.7 Å². The maximum Gasteiger partial charge on any atom is 0.344 e. The monoisotopic (exact) mass is 1630 g/mol. The van der Waals surface area contributed by atoms with E-state index in [0.717, 1.165) is 77.0 Å². The maximum absolute atomic E-state index is 15.4. The van der Waals surface area contributed by atoms with Crippen molar-refractivity contribution in [2.45, 2.75) is 272 Å². The number of ether oxygens (including phenoxy) is 13. The van der Waals surface area contributed by atoms with E-state index in [9.17, 15) is 48.6 Å². The van der Waals surface area contributed by atoms with E-state index in [1.54, 1.807) is 0 Å². The molecule has 0 aromatic carbocycles.